The van der Waals surface area contributed by atoms with Crippen LogP contribution in [0.15, 0.2) is 23.8 Å². The van der Waals surface area contributed by atoms with E-state index in [1.807, 2.05) is 20.8 Å². The number of carboxylic acid groups (broad SMARTS) is 1. The van der Waals surface area contributed by atoms with Crippen LogP contribution in [0.3, 0.4) is 0 Å². The summed E-state index contributed by atoms with van der Waals surface area (Å²) in [5.74, 6) is -3.52. The third-order valence-corrected chi connectivity index (χ3v) is 10.0. The number of aliphatic carboxylic acids is 1. The number of Topliss-reactive ketones (excluding diaryl/α,β-unsaturated/α-hetero) is 1. The van der Waals surface area contributed by atoms with Crippen LogP contribution in [0.2, 0.25) is 0 Å². The van der Waals surface area contributed by atoms with Crippen LogP contribution in [0, 0.1) is 34.5 Å². The van der Waals surface area contributed by atoms with Crippen molar-refractivity contribution in [2.24, 2.45) is 40.2 Å². The average Bonchev–Trinajstić information content (AvgIpc) is 3.17. The highest BCUT2D eigenvalue weighted by molar-refractivity contribution is 6.01. The van der Waals surface area contributed by atoms with Crippen LogP contribution in [0.25, 0.3) is 0 Å². The standard InChI is InChI=1S/C27H36F2O5.C4H9NO2/c1-5-6-7-23(33)34-14-21(31)24-15(2)10-17-18-12-20(28)19-11-16(30)8-9-26(19,4)27(18,29)22(32)13-25(17,24)3;5-3-1-2-4(6)7/h8-9,11,15,17-18,20,22,24,32H,5-7,10,12-14H2,1-4H3;1-3,5H2,(H,6,7)/t15-,17+,18+,20+,22+,24-,25+,26+,27+;/m1./s1. The highest BCUT2D eigenvalue weighted by atomic mass is 19.1. The number of hydrogen-bond acceptors (Lipinski definition) is 7. The number of carbonyl (C=O) groups is 4. The molecule has 4 aliphatic rings. The van der Waals surface area contributed by atoms with Crippen LogP contribution in [-0.4, -0.2) is 64.8 Å². The van der Waals surface area contributed by atoms with Gasteiger partial charge in [-0.1, -0.05) is 33.3 Å². The molecule has 0 aromatic carbocycles. The van der Waals surface area contributed by atoms with Crippen molar-refractivity contribution in [1.82, 2.24) is 0 Å². The summed E-state index contributed by atoms with van der Waals surface area (Å²) in [7, 11) is 0. The molecule has 0 bridgehead atoms. The van der Waals surface area contributed by atoms with E-state index in [4.69, 9.17) is 15.6 Å². The molecule has 230 valence electrons. The van der Waals surface area contributed by atoms with Gasteiger partial charge in [-0.05, 0) is 80.5 Å². The zero-order chi connectivity index (χ0) is 30.8. The molecule has 0 unspecified atom stereocenters. The SMILES string of the molecule is CCCCC(=O)OCC(=O)[C@H]1[C@H](C)C[C@H]2[C@@H]3C[C@H](F)C4=CC(=O)C=C[C@]4(C)[C@@]3(F)[C@@H](O)C[C@@]21C.NCCCC(=O)O. The lowest BCUT2D eigenvalue weighted by Crippen LogP contribution is -2.68. The van der Waals surface area contributed by atoms with Gasteiger partial charge < -0.3 is 20.7 Å². The van der Waals surface area contributed by atoms with Crippen molar-refractivity contribution in [2.75, 3.05) is 13.2 Å². The molecule has 0 saturated heterocycles. The monoisotopic (exact) mass is 581 g/mol. The number of fused-ring (bicyclic) bond motifs is 5. The number of unbranched alkanes of at least 4 members (excludes halogenated alkanes) is 1. The number of carbonyl (C=O) groups excluding carboxylic acids is 3. The van der Waals surface area contributed by atoms with Gasteiger partial charge in [-0.15, -0.1) is 0 Å². The fourth-order valence-corrected chi connectivity index (χ4v) is 8.14. The van der Waals surface area contributed by atoms with Gasteiger partial charge >= 0.3 is 11.9 Å². The molecule has 3 fully saturated rings. The minimum Gasteiger partial charge on any atom is -0.481 e. The van der Waals surface area contributed by atoms with E-state index in [0.29, 0.717) is 25.8 Å². The van der Waals surface area contributed by atoms with Crippen molar-refractivity contribution in [1.29, 1.82) is 0 Å². The average molecular weight is 582 g/mol. The normalized spacial score (nSPS) is 38.9. The summed E-state index contributed by atoms with van der Waals surface area (Å²) in [4.78, 5) is 46.8. The summed E-state index contributed by atoms with van der Waals surface area (Å²) >= 11 is 0. The summed E-state index contributed by atoms with van der Waals surface area (Å²) < 4.78 is 37.7. The maximum atomic E-state index is 17.1. The number of ketones is 2. The second kappa shape index (κ2) is 12.8. The highest BCUT2D eigenvalue weighted by Gasteiger charge is 2.73. The minimum absolute atomic E-state index is 0.0524. The smallest absolute Gasteiger partial charge is 0.306 e. The number of allylic oxidation sites excluding steroid dienone is 4. The van der Waals surface area contributed by atoms with Crippen LogP contribution in [0.1, 0.15) is 79.1 Å². The number of aliphatic hydroxyl groups excluding tert-OH is 1. The lowest BCUT2D eigenvalue weighted by molar-refractivity contribution is -0.202. The summed E-state index contributed by atoms with van der Waals surface area (Å²) in [5.41, 5.74) is 0.799. The molecule has 4 aliphatic carbocycles. The summed E-state index contributed by atoms with van der Waals surface area (Å²) in [6, 6.07) is 0. The van der Waals surface area contributed by atoms with E-state index < -0.39 is 52.5 Å². The Bertz CT molecular complexity index is 1090. The lowest BCUT2D eigenvalue weighted by atomic mass is 9.45. The molecule has 0 aromatic rings. The fourth-order valence-electron chi connectivity index (χ4n) is 8.14. The molecule has 4 N–H and O–H groups in total. The number of rotatable bonds is 9. The van der Waals surface area contributed by atoms with E-state index in [1.165, 1.54) is 18.2 Å². The largest absolute Gasteiger partial charge is 0.481 e. The Morgan fingerprint density at radius 1 is 1.15 bits per heavy atom. The predicted molar refractivity (Wildman–Crippen MR) is 148 cm³/mol. The van der Waals surface area contributed by atoms with Crippen LogP contribution in [0.5, 0.6) is 0 Å². The van der Waals surface area contributed by atoms with Gasteiger partial charge in [-0.3, -0.25) is 19.2 Å². The zero-order valence-electron chi connectivity index (χ0n) is 24.5. The molecule has 0 heterocycles. The minimum atomic E-state index is -2.15. The van der Waals surface area contributed by atoms with Crippen molar-refractivity contribution >= 4 is 23.5 Å². The van der Waals surface area contributed by atoms with E-state index in [-0.39, 0.29) is 61.3 Å². The number of halogens is 2. The number of aliphatic hydroxyl groups is 1. The van der Waals surface area contributed by atoms with Crippen LogP contribution < -0.4 is 5.73 Å². The molecule has 4 rings (SSSR count). The topological polar surface area (TPSA) is 144 Å². The molecule has 9 atom stereocenters. The molecule has 0 radical (unpaired) electrons. The number of alkyl halides is 2. The number of ether oxygens (including phenoxy) is 1. The van der Waals surface area contributed by atoms with Crippen LogP contribution in [0.4, 0.5) is 8.78 Å². The molecule has 0 aromatic heterocycles. The van der Waals surface area contributed by atoms with Gasteiger partial charge in [0.05, 0.1) is 6.10 Å². The van der Waals surface area contributed by atoms with Crippen molar-refractivity contribution in [2.45, 2.75) is 97.0 Å². The molecule has 0 spiro atoms. The first-order valence-electron chi connectivity index (χ1n) is 14.7. The quantitative estimate of drug-likeness (QED) is 0.342. The van der Waals surface area contributed by atoms with E-state index in [0.717, 1.165) is 6.42 Å². The van der Waals surface area contributed by atoms with Crippen molar-refractivity contribution in [3.8, 4) is 0 Å². The molecule has 3 saturated carbocycles. The van der Waals surface area contributed by atoms with Gasteiger partial charge in [-0.2, -0.15) is 0 Å². The van der Waals surface area contributed by atoms with Gasteiger partial charge in [0.25, 0.3) is 0 Å². The highest BCUT2D eigenvalue weighted by Crippen LogP contribution is 2.70. The molecular weight excluding hydrogens is 536 g/mol. The van der Waals surface area contributed by atoms with Gasteiger partial charge in [0.1, 0.15) is 12.8 Å². The molecule has 8 nitrogen and oxygen atoms in total. The van der Waals surface area contributed by atoms with Gasteiger partial charge in [0, 0.05) is 30.1 Å². The predicted octanol–water partition coefficient (Wildman–Crippen LogP) is 4.28. The van der Waals surface area contributed by atoms with Gasteiger partial charge in [0.2, 0.25) is 0 Å². The molecule has 10 heteroatoms. The maximum absolute atomic E-state index is 17.1. The Morgan fingerprint density at radius 3 is 2.41 bits per heavy atom. The van der Waals surface area contributed by atoms with Crippen LogP contribution in [-0.2, 0) is 23.9 Å². The first kappa shape index (κ1) is 33.0. The number of nitrogens with two attached hydrogens (primary N) is 1. The Hall–Kier alpha value is -2.46. The molecular formula is C31H45F2NO7. The zero-order valence-corrected chi connectivity index (χ0v) is 24.5. The number of esters is 1. The summed E-state index contributed by atoms with van der Waals surface area (Å²) in [5, 5.41) is 19.3. The van der Waals surface area contributed by atoms with Crippen LogP contribution >= 0.6 is 0 Å². The number of carboxylic acids is 1. The molecule has 0 amide bonds. The second-order valence-electron chi connectivity index (χ2n) is 12.7. The van der Waals surface area contributed by atoms with Gasteiger partial charge in [-0.25, -0.2) is 8.78 Å². The van der Waals surface area contributed by atoms with E-state index in [2.05, 4.69) is 0 Å². The number of hydrogen-bond donors (Lipinski definition) is 3. The Balaban J connectivity index is 0.000000587. The molecule has 41 heavy (non-hydrogen) atoms. The Labute approximate surface area is 240 Å². The Kier molecular flexibility index (Phi) is 10.3. The first-order valence-corrected chi connectivity index (χ1v) is 14.7. The molecule has 0 aliphatic heterocycles. The van der Waals surface area contributed by atoms with Gasteiger partial charge in [0.15, 0.2) is 17.2 Å². The van der Waals surface area contributed by atoms with E-state index >= 15 is 8.78 Å². The second-order valence-corrected chi connectivity index (χ2v) is 12.7. The summed E-state index contributed by atoms with van der Waals surface area (Å²) in [6.45, 7) is 7.50. The maximum Gasteiger partial charge on any atom is 0.306 e. The van der Waals surface area contributed by atoms with Crippen molar-refractivity contribution < 1.29 is 42.9 Å². The fraction of sp³-hybridized carbons (Fsp3) is 0.742. The summed E-state index contributed by atoms with van der Waals surface area (Å²) in [6.07, 6.45) is 3.97. The van der Waals surface area contributed by atoms with E-state index in [1.54, 1.807) is 6.92 Å². The lowest BCUT2D eigenvalue weighted by Gasteiger charge is -2.62. The third kappa shape index (κ3) is 6.05. The first-order chi connectivity index (χ1) is 19.2. The van der Waals surface area contributed by atoms with Crippen molar-refractivity contribution in [3.05, 3.63) is 23.8 Å². The third-order valence-electron chi connectivity index (χ3n) is 10.0. The van der Waals surface area contributed by atoms with E-state index in [9.17, 15) is 24.3 Å². The van der Waals surface area contributed by atoms with Crippen molar-refractivity contribution in [3.63, 3.8) is 0 Å². The Morgan fingerprint density at radius 2 is 1.83 bits per heavy atom.